The van der Waals surface area contributed by atoms with Crippen molar-refractivity contribution in [1.29, 1.82) is 0 Å². The molecule has 1 aliphatic heterocycles. The number of halogens is 2. The monoisotopic (exact) mass is 201 g/mol. The zero-order valence-corrected chi connectivity index (χ0v) is 7.86. The van der Waals surface area contributed by atoms with Crippen LogP contribution in [0.4, 0.5) is 10.1 Å². The molecule has 1 heterocycles. The van der Waals surface area contributed by atoms with E-state index in [-0.39, 0.29) is 11.1 Å². The van der Waals surface area contributed by atoms with Crippen LogP contribution in [0.25, 0.3) is 0 Å². The predicted molar refractivity (Wildman–Crippen MR) is 50.0 cm³/mol. The third kappa shape index (κ3) is 1.44. The van der Waals surface area contributed by atoms with Gasteiger partial charge in [0.25, 0.3) is 0 Å². The second-order valence-electron chi connectivity index (χ2n) is 3.05. The standard InChI is InChI=1S/C9H9ClFNO/c1-5-4-12-7-3-2-6(11)8(10)9(7)13-5/h2-3,5,12H,4H2,1H3. The lowest BCUT2D eigenvalue weighted by molar-refractivity contribution is 0.225. The number of hydrogen-bond donors (Lipinski definition) is 1. The molecule has 1 aliphatic rings. The van der Waals surface area contributed by atoms with Crippen LogP contribution in [0, 0.1) is 5.82 Å². The Morgan fingerprint density at radius 1 is 1.62 bits per heavy atom. The van der Waals surface area contributed by atoms with E-state index in [1.54, 1.807) is 6.07 Å². The molecule has 0 amide bonds. The Balaban J connectivity index is 2.48. The van der Waals surface area contributed by atoms with Gasteiger partial charge in [-0.05, 0) is 19.1 Å². The van der Waals surface area contributed by atoms with Crippen molar-refractivity contribution in [3.8, 4) is 5.75 Å². The first-order valence-electron chi connectivity index (χ1n) is 4.07. The molecule has 0 spiro atoms. The number of anilines is 1. The Labute approximate surface area is 80.7 Å². The van der Waals surface area contributed by atoms with Crippen LogP contribution < -0.4 is 10.1 Å². The number of ether oxygens (including phenoxy) is 1. The molecule has 1 N–H and O–H groups in total. The minimum absolute atomic E-state index is 0.0202. The number of nitrogens with one attached hydrogen (secondary N) is 1. The van der Waals surface area contributed by atoms with E-state index >= 15 is 0 Å². The SMILES string of the molecule is CC1CNc2ccc(F)c(Cl)c2O1. The van der Waals surface area contributed by atoms with Gasteiger partial charge in [0.05, 0.1) is 12.2 Å². The maximum atomic E-state index is 13.0. The molecule has 1 aromatic rings. The highest BCUT2D eigenvalue weighted by molar-refractivity contribution is 6.32. The molecule has 0 aromatic heterocycles. The summed E-state index contributed by atoms with van der Waals surface area (Å²) in [7, 11) is 0. The van der Waals surface area contributed by atoms with Gasteiger partial charge in [0.2, 0.25) is 0 Å². The summed E-state index contributed by atoms with van der Waals surface area (Å²) >= 11 is 5.74. The highest BCUT2D eigenvalue weighted by Crippen LogP contribution is 2.37. The quantitative estimate of drug-likeness (QED) is 0.697. The Hall–Kier alpha value is -0.960. The molecule has 0 saturated carbocycles. The molecule has 70 valence electrons. The van der Waals surface area contributed by atoms with E-state index in [9.17, 15) is 4.39 Å². The van der Waals surface area contributed by atoms with Crippen LogP contribution in [-0.2, 0) is 0 Å². The fourth-order valence-corrected chi connectivity index (χ4v) is 1.49. The van der Waals surface area contributed by atoms with Gasteiger partial charge in [-0.2, -0.15) is 0 Å². The molecular weight excluding hydrogens is 193 g/mol. The van der Waals surface area contributed by atoms with Gasteiger partial charge in [-0.25, -0.2) is 4.39 Å². The molecule has 2 nitrogen and oxygen atoms in total. The second-order valence-corrected chi connectivity index (χ2v) is 3.43. The third-order valence-corrected chi connectivity index (χ3v) is 2.30. The summed E-state index contributed by atoms with van der Waals surface area (Å²) in [6.45, 7) is 2.62. The van der Waals surface area contributed by atoms with Gasteiger partial charge in [-0.3, -0.25) is 0 Å². The van der Waals surface area contributed by atoms with E-state index in [1.807, 2.05) is 6.92 Å². The van der Waals surface area contributed by atoms with E-state index in [0.717, 1.165) is 12.2 Å². The van der Waals surface area contributed by atoms with Gasteiger partial charge in [0.1, 0.15) is 16.9 Å². The first-order chi connectivity index (χ1) is 6.18. The Morgan fingerprint density at radius 3 is 3.15 bits per heavy atom. The molecule has 0 fully saturated rings. The summed E-state index contributed by atoms with van der Waals surface area (Å²) in [4.78, 5) is 0. The predicted octanol–water partition coefficient (Wildman–Crippen LogP) is 2.67. The lowest BCUT2D eigenvalue weighted by atomic mass is 10.2. The van der Waals surface area contributed by atoms with Crippen LogP contribution in [0.2, 0.25) is 5.02 Å². The van der Waals surface area contributed by atoms with E-state index in [2.05, 4.69) is 5.32 Å². The molecule has 2 rings (SSSR count). The van der Waals surface area contributed by atoms with Crippen LogP contribution in [0.5, 0.6) is 5.75 Å². The molecular formula is C9H9ClFNO. The van der Waals surface area contributed by atoms with Gasteiger partial charge < -0.3 is 10.1 Å². The van der Waals surface area contributed by atoms with Gasteiger partial charge in [-0.15, -0.1) is 0 Å². The van der Waals surface area contributed by atoms with E-state index in [0.29, 0.717) is 5.75 Å². The fourth-order valence-electron chi connectivity index (χ4n) is 1.28. The molecule has 1 unspecified atom stereocenters. The average Bonchev–Trinajstić information content (AvgIpc) is 2.12. The number of benzene rings is 1. The highest BCUT2D eigenvalue weighted by atomic mass is 35.5. The molecule has 1 aromatic carbocycles. The molecule has 4 heteroatoms. The van der Waals surface area contributed by atoms with E-state index in [4.69, 9.17) is 16.3 Å². The lowest BCUT2D eigenvalue weighted by Crippen LogP contribution is -2.27. The lowest BCUT2D eigenvalue weighted by Gasteiger charge is -2.25. The zero-order valence-electron chi connectivity index (χ0n) is 7.10. The van der Waals surface area contributed by atoms with E-state index < -0.39 is 5.82 Å². The topological polar surface area (TPSA) is 21.3 Å². The fraction of sp³-hybridized carbons (Fsp3) is 0.333. The normalized spacial score (nSPS) is 20.1. The van der Waals surface area contributed by atoms with Gasteiger partial charge >= 0.3 is 0 Å². The summed E-state index contributed by atoms with van der Waals surface area (Å²) in [6.07, 6.45) is 0.0202. The maximum absolute atomic E-state index is 13.0. The van der Waals surface area contributed by atoms with Gasteiger partial charge in [-0.1, -0.05) is 11.6 Å². The van der Waals surface area contributed by atoms with Crippen molar-refractivity contribution in [2.45, 2.75) is 13.0 Å². The van der Waals surface area contributed by atoms with Crippen molar-refractivity contribution >= 4 is 17.3 Å². The van der Waals surface area contributed by atoms with Crippen LogP contribution in [0.3, 0.4) is 0 Å². The largest absolute Gasteiger partial charge is 0.485 e. The van der Waals surface area contributed by atoms with Crippen molar-refractivity contribution in [3.05, 3.63) is 23.0 Å². The van der Waals surface area contributed by atoms with Crippen LogP contribution in [0.1, 0.15) is 6.92 Å². The molecule has 13 heavy (non-hydrogen) atoms. The summed E-state index contributed by atoms with van der Waals surface area (Å²) in [5.74, 6) is -0.0308. The molecule has 0 radical (unpaired) electrons. The minimum Gasteiger partial charge on any atom is -0.485 e. The van der Waals surface area contributed by atoms with Crippen molar-refractivity contribution in [1.82, 2.24) is 0 Å². The maximum Gasteiger partial charge on any atom is 0.164 e. The van der Waals surface area contributed by atoms with Crippen molar-refractivity contribution < 1.29 is 9.13 Å². The van der Waals surface area contributed by atoms with Crippen LogP contribution in [-0.4, -0.2) is 12.6 Å². The summed E-state index contributed by atoms with van der Waals surface area (Å²) < 4.78 is 18.4. The number of hydrogen-bond acceptors (Lipinski definition) is 2. The van der Waals surface area contributed by atoms with E-state index in [1.165, 1.54) is 6.07 Å². The summed E-state index contributed by atoms with van der Waals surface area (Å²) in [5.41, 5.74) is 0.754. The first kappa shape index (κ1) is 8.63. The summed E-state index contributed by atoms with van der Waals surface area (Å²) in [5, 5.41) is 3.16. The Morgan fingerprint density at radius 2 is 2.38 bits per heavy atom. The average molecular weight is 202 g/mol. The van der Waals surface area contributed by atoms with Crippen molar-refractivity contribution in [3.63, 3.8) is 0 Å². The first-order valence-corrected chi connectivity index (χ1v) is 4.45. The third-order valence-electron chi connectivity index (χ3n) is 1.95. The smallest absolute Gasteiger partial charge is 0.164 e. The van der Waals surface area contributed by atoms with Crippen LogP contribution >= 0.6 is 11.6 Å². The molecule has 0 aliphatic carbocycles. The highest BCUT2D eigenvalue weighted by Gasteiger charge is 2.20. The minimum atomic E-state index is -0.448. The number of rotatable bonds is 0. The Kier molecular flexibility index (Phi) is 2.04. The molecule has 1 atom stereocenters. The van der Waals surface area contributed by atoms with Crippen LogP contribution in [0.15, 0.2) is 12.1 Å². The number of fused-ring (bicyclic) bond motifs is 1. The zero-order chi connectivity index (χ0) is 9.42. The summed E-state index contributed by atoms with van der Waals surface area (Å²) in [6, 6.07) is 2.95. The van der Waals surface area contributed by atoms with Gasteiger partial charge in [0.15, 0.2) is 5.75 Å². The Bertz CT molecular complexity index is 343. The second kappa shape index (κ2) is 3.07. The van der Waals surface area contributed by atoms with Gasteiger partial charge in [0, 0.05) is 0 Å². The van der Waals surface area contributed by atoms with Crippen molar-refractivity contribution in [2.75, 3.05) is 11.9 Å². The van der Waals surface area contributed by atoms with Crippen molar-refractivity contribution in [2.24, 2.45) is 0 Å². The molecule has 0 saturated heterocycles. The molecule has 0 bridgehead atoms.